The minimum atomic E-state index is 0.0728. The van der Waals surface area contributed by atoms with E-state index in [2.05, 4.69) is 10.6 Å². The topological polar surface area (TPSA) is 59.6 Å². The van der Waals surface area contributed by atoms with Gasteiger partial charge in [0.25, 0.3) is 0 Å². The standard InChI is InChI=1S/C11H20N2O3/c14-11(13-5-9-1-2-9)7-12-6-10-8-15-3-4-16-10/h9-10,12H,1-8H2,(H,13,14). The molecule has 0 spiro atoms. The van der Waals surface area contributed by atoms with Gasteiger partial charge in [-0.3, -0.25) is 4.79 Å². The van der Waals surface area contributed by atoms with Crippen LogP contribution in [0, 0.1) is 5.92 Å². The van der Waals surface area contributed by atoms with Gasteiger partial charge < -0.3 is 20.1 Å². The zero-order valence-electron chi connectivity index (χ0n) is 9.54. The first-order valence-electron chi connectivity index (χ1n) is 6.01. The first-order chi connectivity index (χ1) is 7.84. The molecular formula is C11H20N2O3. The Morgan fingerprint density at radius 3 is 2.81 bits per heavy atom. The average molecular weight is 228 g/mol. The van der Waals surface area contributed by atoms with E-state index in [4.69, 9.17) is 9.47 Å². The summed E-state index contributed by atoms with van der Waals surface area (Å²) in [5.74, 6) is 0.808. The van der Waals surface area contributed by atoms with Crippen LogP contribution in [0.15, 0.2) is 0 Å². The Morgan fingerprint density at radius 1 is 1.25 bits per heavy atom. The van der Waals surface area contributed by atoms with Crippen molar-refractivity contribution in [3.05, 3.63) is 0 Å². The Hall–Kier alpha value is -0.650. The molecule has 1 atom stereocenters. The molecule has 1 heterocycles. The predicted molar refractivity (Wildman–Crippen MR) is 59.2 cm³/mol. The first kappa shape index (κ1) is 11.8. The van der Waals surface area contributed by atoms with Crippen LogP contribution in [0.5, 0.6) is 0 Å². The maximum atomic E-state index is 11.4. The Morgan fingerprint density at radius 2 is 2.12 bits per heavy atom. The van der Waals surface area contributed by atoms with Crippen molar-refractivity contribution in [2.75, 3.05) is 39.5 Å². The van der Waals surface area contributed by atoms with E-state index >= 15 is 0 Å². The summed E-state index contributed by atoms with van der Waals surface area (Å²) in [6.45, 7) is 3.84. The van der Waals surface area contributed by atoms with Gasteiger partial charge in [0, 0.05) is 13.1 Å². The molecule has 2 fully saturated rings. The summed E-state index contributed by atoms with van der Waals surface area (Å²) in [5.41, 5.74) is 0. The van der Waals surface area contributed by atoms with Crippen molar-refractivity contribution in [1.82, 2.24) is 10.6 Å². The Bertz CT molecular complexity index is 225. The molecule has 1 saturated carbocycles. The van der Waals surface area contributed by atoms with Crippen LogP contribution >= 0.6 is 0 Å². The van der Waals surface area contributed by atoms with E-state index in [1.807, 2.05) is 0 Å². The van der Waals surface area contributed by atoms with Crippen molar-refractivity contribution in [1.29, 1.82) is 0 Å². The summed E-state index contributed by atoms with van der Waals surface area (Å²) >= 11 is 0. The number of carbonyl (C=O) groups excluding carboxylic acids is 1. The van der Waals surface area contributed by atoms with Crippen LogP contribution in [0.3, 0.4) is 0 Å². The van der Waals surface area contributed by atoms with Crippen LogP contribution < -0.4 is 10.6 Å². The molecule has 5 heteroatoms. The fraction of sp³-hybridized carbons (Fsp3) is 0.909. The van der Waals surface area contributed by atoms with Gasteiger partial charge in [0.15, 0.2) is 0 Å². The lowest BCUT2D eigenvalue weighted by atomic mass is 10.3. The van der Waals surface area contributed by atoms with E-state index in [-0.39, 0.29) is 12.0 Å². The average Bonchev–Trinajstić information content (AvgIpc) is 3.12. The molecular weight excluding hydrogens is 208 g/mol. The number of amides is 1. The second-order valence-electron chi connectivity index (χ2n) is 4.45. The van der Waals surface area contributed by atoms with Crippen molar-refractivity contribution < 1.29 is 14.3 Å². The van der Waals surface area contributed by atoms with Crippen LogP contribution in [-0.4, -0.2) is 51.5 Å². The summed E-state index contributed by atoms with van der Waals surface area (Å²) < 4.78 is 10.7. The van der Waals surface area contributed by atoms with Gasteiger partial charge in [-0.15, -0.1) is 0 Å². The molecule has 2 aliphatic rings. The Labute approximate surface area is 95.9 Å². The SMILES string of the molecule is O=C(CNCC1COCCO1)NCC1CC1. The molecule has 16 heavy (non-hydrogen) atoms. The molecule has 5 nitrogen and oxygen atoms in total. The maximum absolute atomic E-state index is 11.4. The summed E-state index contributed by atoms with van der Waals surface area (Å²) in [5, 5.41) is 5.99. The molecule has 1 unspecified atom stereocenters. The smallest absolute Gasteiger partial charge is 0.233 e. The number of hydrogen-bond acceptors (Lipinski definition) is 4. The highest BCUT2D eigenvalue weighted by Gasteiger charge is 2.21. The van der Waals surface area contributed by atoms with E-state index in [9.17, 15) is 4.79 Å². The van der Waals surface area contributed by atoms with E-state index < -0.39 is 0 Å². The molecule has 1 saturated heterocycles. The van der Waals surface area contributed by atoms with E-state index in [1.165, 1.54) is 12.8 Å². The second kappa shape index (κ2) is 6.18. The van der Waals surface area contributed by atoms with Gasteiger partial charge in [0.2, 0.25) is 5.91 Å². The number of hydrogen-bond donors (Lipinski definition) is 2. The van der Waals surface area contributed by atoms with Gasteiger partial charge >= 0.3 is 0 Å². The van der Waals surface area contributed by atoms with Crippen molar-refractivity contribution in [2.45, 2.75) is 18.9 Å². The largest absolute Gasteiger partial charge is 0.376 e. The van der Waals surface area contributed by atoms with Crippen molar-refractivity contribution in [3.8, 4) is 0 Å². The highest BCUT2D eigenvalue weighted by molar-refractivity contribution is 5.77. The van der Waals surface area contributed by atoms with Crippen molar-refractivity contribution in [3.63, 3.8) is 0 Å². The van der Waals surface area contributed by atoms with Gasteiger partial charge in [0.1, 0.15) is 0 Å². The monoisotopic (exact) mass is 228 g/mol. The van der Waals surface area contributed by atoms with Crippen LogP contribution in [-0.2, 0) is 14.3 Å². The molecule has 1 amide bonds. The zero-order chi connectivity index (χ0) is 11.2. The second-order valence-corrected chi connectivity index (χ2v) is 4.45. The summed E-state index contributed by atoms with van der Waals surface area (Å²) in [6, 6.07) is 0. The molecule has 0 aromatic heterocycles. The lowest BCUT2D eigenvalue weighted by Gasteiger charge is -2.23. The third-order valence-electron chi connectivity index (χ3n) is 2.83. The summed E-state index contributed by atoms with van der Waals surface area (Å²) in [6.07, 6.45) is 2.62. The Kier molecular flexibility index (Phi) is 4.56. The number of ether oxygens (including phenoxy) is 2. The molecule has 2 N–H and O–H groups in total. The predicted octanol–water partition coefficient (Wildman–Crippen LogP) is -0.482. The zero-order valence-corrected chi connectivity index (χ0v) is 9.54. The number of carbonyl (C=O) groups is 1. The molecule has 1 aliphatic heterocycles. The number of rotatable bonds is 6. The molecule has 92 valence electrons. The van der Waals surface area contributed by atoms with E-state index in [0.717, 1.165) is 12.5 Å². The van der Waals surface area contributed by atoms with E-state index in [0.29, 0.717) is 32.9 Å². The molecule has 0 aromatic carbocycles. The van der Waals surface area contributed by atoms with Crippen molar-refractivity contribution >= 4 is 5.91 Å². The molecule has 2 rings (SSSR count). The molecule has 0 bridgehead atoms. The van der Waals surface area contributed by atoms with Gasteiger partial charge in [-0.25, -0.2) is 0 Å². The normalized spacial score (nSPS) is 25.4. The molecule has 0 radical (unpaired) electrons. The lowest BCUT2D eigenvalue weighted by molar-refractivity contribution is -0.120. The molecule has 0 aromatic rings. The maximum Gasteiger partial charge on any atom is 0.233 e. The Balaban J connectivity index is 1.47. The van der Waals surface area contributed by atoms with Gasteiger partial charge in [-0.2, -0.15) is 0 Å². The summed E-state index contributed by atoms with van der Waals surface area (Å²) in [7, 11) is 0. The number of nitrogens with one attached hydrogen (secondary N) is 2. The molecule has 1 aliphatic carbocycles. The minimum absolute atomic E-state index is 0.0728. The highest BCUT2D eigenvalue weighted by atomic mass is 16.6. The fourth-order valence-electron chi connectivity index (χ4n) is 1.64. The van der Waals surface area contributed by atoms with Crippen molar-refractivity contribution in [2.24, 2.45) is 5.92 Å². The van der Waals surface area contributed by atoms with Gasteiger partial charge in [0.05, 0.1) is 32.5 Å². The highest BCUT2D eigenvalue weighted by Crippen LogP contribution is 2.27. The lowest BCUT2D eigenvalue weighted by Crippen LogP contribution is -2.41. The third-order valence-corrected chi connectivity index (χ3v) is 2.83. The van der Waals surface area contributed by atoms with Gasteiger partial charge in [-0.1, -0.05) is 0 Å². The summed E-state index contributed by atoms with van der Waals surface area (Å²) in [4.78, 5) is 11.4. The van der Waals surface area contributed by atoms with Crippen LogP contribution in [0.1, 0.15) is 12.8 Å². The first-order valence-corrected chi connectivity index (χ1v) is 6.01. The van der Waals surface area contributed by atoms with Gasteiger partial charge in [-0.05, 0) is 18.8 Å². The van der Waals surface area contributed by atoms with Crippen LogP contribution in [0.25, 0.3) is 0 Å². The van der Waals surface area contributed by atoms with Crippen LogP contribution in [0.4, 0.5) is 0 Å². The van der Waals surface area contributed by atoms with Crippen LogP contribution in [0.2, 0.25) is 0 Å². The fourth-order valence-corrected chi connectivity index (χ4v) is 1.64. The quantitative estimate of drug-likeness (QED) is 0.644. The minimum Gasteiger partial charge on any atom is -0.376 e. The van der Waals surface area contributed by atoms with E-state index in [1.54, 1.807) is 0 Å². The third kappa shape index (κ3) is 4.47.